The Labute approximate surface area is 164 Å². The molecule has 0 atom stereocenters. The summed E-state index contributed by atoms with van der Waals surface area (Å²) in [5.41, 5.74) is 0.286. The lowest BCUT2D eigenvalue weighted by Crippen LogP contribution is -2.28. The maximum atomic E-state index is 12.1. The van der Waals surface area contributed by atoms with Gasteiger partial charge in [0.1, 0.15) is 11.4 Å². The molecule has 0 spiro atoms. The first-order valence-electron chi connectivity index (χ1n) is 7.59. The molecule has 2 heterocycles. The third kappa shape index (κ3) is 4.91. The maximum Gasteiger partial charge on any atom is 0.271 e. The Hall–Kier alpha value is -2.22. The van der Waals surface area contributed by atoms with Crippen LogP contribution in [0.4, 0.5) is 0 Å². The van der Waals surface area contributed by atoms with Crippen LogP contribution in [0.2, 0.25) is 15.1 Å². The van der Waals surface area contributed by atoms with Crippen molar-refractivity contribution in [1.29, 1.82) is 0 Å². The van der Waals surface area contributed by atoms with Crippen LogP contribution >= 0.6 is 34.8 Å². The molecule has 26 heavy (non-hydrogen) atoms. The molecule has 2 aromatic heterocycles. The van der Waals surface area contributed by atoms with Crippen LogP contribution in [-0.4, -0.2) is 32.0 Å². The summed E-state index contributed by atoms with van der Waals surface area (Å²) < 4.78 is 8.70. The summed E-state index contributed by atoms with van der Waals surface area (Å²) in [7, 11) is 0. The van der Waals surface area contributed by atoms with Gasteiger partial charge in [0.15, 0.2) is 6.73 Å². The van der Waals surface area contributed by atoms with Crippen molar-refractivity contribution in [3.8, 4) is 5.75 Å². The molecule has 1 N–H and O–H groups in total. The van der Waals surface area contributed by atoms with Crippen molar-refractivity contribution in [2.75, 3.05) is 6.54 Å². The molecule has 0 aliphatic rings. The van der Waals surface area contributed by atoms with Gasteiger partial charge in [-0.25, -0.2) is 4.68 Å². The fraction of sp³-hybridized carbons (Fsp3) is 0.188. The van der Waals surface area contributed by atoms with Crippen LogP contribution in [0.25, 0.3) is 0 Å². The van der Waals surface area contributed by atoms with Gasteiger partial charge in [0.2, 0.25) is 0 Å². The van der Waals surface area contributed by atoms with Gasteiger partial charge in [-0.15, -0.1) is 0 Å². The number of rotatable bonds is 7. The molecule has 1 aromatic carbocycles. The van der Waals surface area contributed by atoms with Crippen LogP contribution < -0.4 is 10.1 Å². The Morgan fingerprint density at radius 2 is 2.00 bits per heavy atom. The number of carbonyl (C=O) groups is 1. The number of aromatic nitrogens is 4. The molecule has 3 rings (SSSR count). The van der Waals surface area contributed by atoms with Gasteiger partial charge in [0, 0.05) is 24.0 Å². The van der Waals surface area contributed by atoms with Crippen molar-refractivity contribution >= 4 is 40.7 Å². The second-order valence-corrected chi connectivity index (χ2v) is 6.55. The second-order valence-electron chi connectivity index (χ2n) is 5.27. The van der Waals surface area contributed by atoms with E-state index in [1.807, 2.05) is 0 Å². The first-order chi connectivity index (χ1) is 12.5. The van der Waals surface area contributed by atoms with E-state index in [0.29, 0.717) is 33.9 Å². The molecule has 0 unspecified atom stereocenters. The van der Waals surface area contributed by atoms with E-state index in [1.54, 1.807) is 41.3 Å². The summed E-state index contributed by atoms with van der Waals surface area (Å²) in [6, 6.07) is 6.54. The van der Waals surface area contributed by atoms with Crippen LogP contribution in [0.1, 0.15) is 10.5 Å². The van der Waals surface area contributed by atoms with E-state index in [1.165, 1.54) is 10.9 Å². The quantitative estimate of drug-likeness (QED) is 0.642. The number of halogens is 3. The van der Waals surface area contributed by atoms with Crippen molar-refractivity contribution in [1.82, 2.24) is 24.9 Å². The SMILES string of the molecule is O=C(NCCn1cc(Cl)cn1)c1ccn(COc2ccc(Cl)cc2Cl)n1. The molecule has 136 valence electrons. The highest BCUT2D eigenvalue weighted by atomic mass is 35.5. The molecular weight excluding hydrogens is 401 g/mol. The summed E-state index contributed by atoms with van der Waals surface area (Å²) in [5, 5.41) is 12.4. The zero-order valence-corrected chi connectivity index (χ0v) is 15.7. The Bertz CT molecular complexity index is 909. The number of carbonyl (C=O) groups excluding carboxylic acids is 1. The lowest BCUT2D eigenvalue weighted by atomic mass is 10.3. The van der Waals surface area contributed by atoms with Gasteiger partial charge in [0.05, 0.1) is 22.8 Å². The minimum absolute atomic E-state index is 0.112. The molecule has 0 saturated heterocycles. The van der Waals surface area contributed by atoms with Crippen LogP contribution in [-0.2, 0) is 13.3 Å². The van der Waals surface area contributed by atoms with Crippen LogP contribution in [0.15, 0.2) is 42.9 Å². The standard InChI is InChI=1S/C16H14Cl3N5O2/c17-11-1-2-15(13(19)7-11)26-10-24-5-3-14(22-24)16(25)20-4-6-23-9-12(18)8-21-23/h1-3,5,7-9H,4,6,10H2,(H,20,25). The molecule has 0 radical (unpaired) electrons. The topological polar surface area (TPSA) is 74.0 Å². The number of benzene rings is 1. The summed E-state index contributed by atoms with van der Waals surface area (Å²) >= 11 is 17.7. The number of hydrogen-bond donors (Lipinski definition) is 1. The second kappa shape index (κ2) is 8.44. The van der Waals surface area contributed by atoms with E-state index in [2.05, 4.69) is 15.5 Å². The van der Waals surface area contributed by atoms with Gasteiger partial charge < -0.3 is 10.1 Å². The summed E-state index contributed by atoms with van der Waals surface area (Å²) in [6.45, 7) is 1.03. The van der Waals surface area contributed by atoms with E-state index in [0.717, 1.165) is 0 Å². The highest BCUT2D eigenvalue weighted by molar-refractivity contribution is 6.35. The van der Waals surface area contributed by atoms with E-state index in [-0.39, 0.29) is 18.3 Å². The largest absolute Gasteiger partial charge is 0.470 e. The highest BCUT2D eigenvalue weighted by Crippen LogP contribution is 2.27. The van der Waals surface area contributed by atoms with Crippen LogP contribution in [0, 0.1) is 0 Å². The van der Waals surface area contributed by atoms with E-state index in [9.17, 15) is 4.79 Å². The highest BCUT2D eigenvalue weighted by Gasteiger charge is 2.10. The number of hydrogen-bond acceptors (Lipinski definition) is 4. The monoisotopic (exact) mass is 413 g/mol. The molecule has 3 aromatic rings. The Morgan fingerprint density at radius 3 is 2.73 bits per heavy atom. The summed E-state index contributed by atoms with van der Waals surface area (Å²) in [5.74, 6) is 0.196. The van der Waals surface area contributed by atoms with Crippen LogP contribution in [0.3, 0.4) is 0 Å². The fourth-order valence-electron chi connectivity index (χ4n) is 2.12. The van der Waals surface area contributed by atoms with Crippen molar-refractivity contribution in [2.24, 2.45) is 0 Å². The zero-order chi connectivity index (χ0) is 18.5. The molecule has 1 amide bonds. The molecule has 0 fully saturated rings. The number of amides is 1. The van der Waals surface area contributed by atoms with Crippen molar-refractivity contribution in [3.05, 3.63) is 63.6 Å². The summed E-state index contributed by atoms with van der Waals surface area (Å²) in [6.07, 6.45) is 4.87. The van der Waals surface area contributed by atoms with Crippen molar-refractivity contribution in [3.63, 3.8) is 0 Å². The van der Waals surface area contributed by atoms with Crippen molar-refractivity contribution in [2.45, 2.75) is 13.3 Å². The third-order valence-corrected chi connectivity index (χ3v) is 4.07. The Kier molecular flexibility index (Phi) is 6.03. The van der Waals surface area contributed by atoms with Gasteiger partial charge in [-0.1, -0.05) is 34.8 Å². The smallest absolute Gasteiger partial charge is 0.271 e. The average molecular weight is 415 g/mol. The molecule has 10 heteroatoms. The third-order valence-electron chi connectivity index (χ3n) is 3.35. The van der Waals surface area contributed by atoms with Gasteiger partial charge in [-0.2, -0.15) is 10.2 Å². The Balaban J connectivity index is 1.49. The first-order valence-corrected chi connectivity index (χ1v) is 8.72. The van der Waals surface area contributed by atoms with E-state index in [4.69, 9.17) is 39.5 Å². The van der Waals surface area contributed by atoms with Gasteiger partial charge >= 0.3 is 0 Å². The lowest BCUT2D eigenvalue weighted by Gasteiger charge is -2.08. The van der Waals surface area contributed by atoms with Gasteiger partial charge in [-0.3, -0.25) is 9.48 Å². The summed E-state index contributed by atoms with van der Waals surface area (Å²) in [4.78, 5) is 12.1. The first kappa shape index (κ1) is 18.6. The maximum absolute atomic E-state index is 12.1. The molecule has 7 nitrogen and oxygen atoms in total. The minimum Gasteiger partial charge on any atom is -0.470 e. The van der Waals surface area contributed by atoms with Gasteiger partial charge in [-0.05, 0) is 24.3 Å². The molecular formula is C16H14Cl3N5O2. The zero-order valence-electron chi connectivity index (χ0n) is 13.4. The molecule has 0 bridgehead atoms. The molecule has 0 saturated carbocycles. The molecule has 0 aliphatic carbocycles. The van der Waals surface area contributed by atoms with E-state index >= 15 is 0 Å². The predicted octanol–water partition coefficient (Wildman–Crippen LogP) is 3.51. The van der Waals surface area contributed by atoms with Crippen LogP contribution in [0.5, 0.6) is 5.75 Å². The number of nitrogens with zero attached hydrogens (tertiary/aromatic N) is 4. The Morgan fingerprint density at radius 1 is 1.15 bits per heavy atom. The van der Waals surface area contributed by atoms with E-state index < -0.39 is 0 Å². The lowest BCUT2D eigenvalue weighted by molar-refractivity contribution is 0.0945. The molecule has 0 aliphatic heterocycles. The van der Waals surface area contributed by atoms with Gasteiger partial charge in [0.25, 0.3) is 5.91 Å². The minimum atomic E-state index is -0.286. The number of nitrogens with one attached hydrogen (secondary N) is 1. The van der Waals surface area contributed by atoms with Crippen molar-refractivity contribution < 1.29 is 9.53 Å². The average Bonchev–Trinajstić information content (AvgIpc) is 3.23. The predicted molar refractivity (Wildman–Crippen MR) is 98.9 cm³/mol. The normalized spacial score (nSPS) is 10.7. The number of ether oxygens (including phenoxy) is 1. The fourth-order valence-corrected chi connectivity index (χ4v) is 2.74.